The molecule has 1 saturated heterocycles. The van der Waals surface area contributed by atoms with E-state index in [9.17, 15) is 4.79 Å². The Balaban J connectivity index is 0.000000190. The molecule has 3 rings (SSSR count). The van der Waals surface area contributed by atoms with Gasteiger partial charge in [0.15, 0.2) is 5.82 Å². The molecule has 0 atom stereocenters. The quantitative estimate of drug-likeness (QED) is 0.816. The predicted octanol–water partition coefficient (Wildman–Crippen LogP) is 3.19. The third-order valence-corrected chi connectivity index (χ3v) is 3.90. The fourth-order valence-electron chi connectivity index (χ4n) is 2.45. The molecule has 2 heterocycles. The number of ether oxygens (including phenoxy) is 1. The minimum Gasteiger partial charge on any atom is -0.396 e. The van der Waals surface area contributed by atoms with Crippen LogP contribution in [0, 0.1) is 0 Å². The van der Waals surface area contributed by atoms with E-state index in [1.54, 1.807) is 17.3 Å². The highest BCUT2D eigenvalue weighted by atomic mass is 35.5. The summed E-state index contributed by atoms with van der Waals surface area (Å²) in [5.41, 5.74) is 6.71. The minimum absolute atomic E-state index is 0.00799. The molecule has 1 aliphatic rings. The van der Waals surface area contributed by atoms with Crippen LogP contribution in [0.5, 0.6) is 0 Å². The normalized spacial score (nSPS) is 15.6. The van der Waals surface area contributed by atoms with Crippen molar-refractivity contribution in [1.82, 2.24) is 14.9 Å². The molecule has 1 amide bonds. The molecule has 6 nitrogen and oxygen atoms in total. The molecule has 7 heteroatoms. The number of benzene rings is 1. The summed E-state index contributed by atoms with van der Waals surface area (Å²) in [5, 5.41) is 0.669. The van der Waals surface area contributed by atoms with Crippen LogP contribution in [-0.4, -0.2) is 46.1 Å². The lowest BCUT2D eigenvalue weighted by atomic mass is 10.1. The van der Waals surface area contributed by atoms with Gasteiger partial charge in [-0.15, -0.1) is 0 Å². The monoisotopic (exact) mass is 374 g/mol. The van der Waals surface area contributed by atoms with E-state index in [4.69, 9.17) is 22.1 Å². The number of halogens is 1. The molecule has 1 fully saturated rings. The van der Waals surface area contributed by atoms with Crippen molar-refractivity contribution < 1.29 is 9.53 Å². The first-order valence-corrected chi connectivity index (χ1v) is 8.57. The number of aromatic nitrogens is 2. The summed E-state index contributed by atoms with van der Waals surface area (Å²) in [5.74, 6) is 0.619. The Hall–Kier alpha value is -2.44. The lowest BCUT2D eigenvalue weighted by molar-refractivity contribution is -0.140. The summed E-state index contributed by atoms with van der Waals surface area (Å²) in [6.45, 7) is 9.36. The van der Waals surface area contributed by atoms with Crippen LogP contribution in [0.3, 0.4) is 0 Å². The summed E-state index contributed by atoms with van der Waals surface area (Å²) in [7, 11) is 0. The summed E-state index contributed by atoms with van der Waals surface area (Å²) < 4.78 is 5.46. The van der Waals surface area contributed by atoms with Gasteiger partial charge in [0.05, 0.1) is 30.3 Å². The molecule has 26 heavy (non-hydrogen) atoms. The largest absolute Gasteiger partial charge is 0.396 e. The highest BCUT2D eigenvalue weighted by Gasteiger charge is 2.28. The summed E-state index contributed by atoms with van der Waals surface area (Å²) in [6.07, 6.45) is 4.49. The fourth-order valence-corrected chi connectivity index (χ4v) is 2.64. The second kappa shape index (κ2) is 8.78. The van der Waals surface area contributed by atoms with E-state index in [0.29, 0.717) is 36.2 Å². The van der Waals surface area contributed by atoms with Crippen LogP contribution in [0.15, 0.2) is 49.3 Å². The van der Waals surface area contributed by atoms with Crippen LogP contribution < -0.4 is 5.73 Å². The topological polar surface area (TPSA) is 81.3 Å². The number of morpholine rings is 1. The van der Waals surface area contributed by atoms with E-state index in [1.165, 1.54) is 6.08 Å². The fraction of sp³-hybridized carbons (Fsp3) is 0.316. The SMILES string of the molecule is C=CC(=O)N1CCOC(C)(C)C1.Nc1cnc(-c2cccc(Cl)c2)nc1. The van der Waals surface area contributed by atoms with Crippen molar-refractivity contribution in [2.45, 2.75) is 19.4 Å². The van der Waals surface area contributed by atoms with E-state index in [1.807, 2.05) is 38.1 Å². The summed E-state index contributed by atoms with van der Waals surface area (Å²) >= 11 is 5.85. The van der Waals surface area contributed by atoms with Crippen molar-refractivity contribution in [3.63, 3.8) is 0 Å². The number of hydrogen-bond acceptors (Lipinski definition) is 5. The zero-order valence-electron chi connectivity index (χ0n) is 15.0. The maximum atomic E-state index is 11.2. The number of amides is 1. The zero-order chi connectivity index (χ0) is 19.2. The Bertz CT molecular complexity index is 762. The Morgan fingerprint density at radius 3 is 2.65 bits per heavy atom. The van der Waals surface area contributed by atoms with Gasteiger partial charge in [-0.3, -0.25) is 4.79 Å². The minimum atomic E-state index is -0.211. The van der Waals surface area contributed by atoms with Gasteiger partial charge in [-0.25, -0.2) is 9.97 Å². The smallest absolute Gasteiger partial charge is 0.246 e. The molecule has 0 bridgehead atoms. The standard InChI is InChI=1S/C10H8ClN3.C9H15NO2/c11-8-3-1-2-7(4-8)10-13-5-9(12)6-14-10;1-4-8(11)10-5-6-12-9(2,3)7-10/h1-6H,12H2;4H,1,5-7H2,2-3H3. The van der Waals surface area contributed by atoms with E-state index in [-0.39, 0.29) is 11.5 Å². The molecular formula is C19H23ClN4O2. The van der Waals surface area contributed by atoms with Crippen LogP contribution >= 0.6 is 11.6 Å². The van der Waals surface area contributed by atoms with Gasteiger partial charge in [-0.1, -0.05) is 30.3 Å². The van der Waals surface area contributed by atoms with Gasteiger partial charge in [-0.05, 0) is 32.1 Å². The maximum Gasteiger partial charge on any atom is 0.246 e. The van der Waals surface area contributed by atoms with E-state index < -0.39 is 0 Å². The Morgan fingerprint density at radius 1 is 1.38 bits per heavy atom. The van der Waals surface area contributed by atoms with Crippen molar-refractivity contribution in [3.05, 3.63) is 54.3 Å². The van der Waals surface area contributed by atoms with Gasteiger partial charge in [0.25, 0.3) is 0 Å². The predicted molar refractivity (Wildman–Crippen MR) is 104 cm³/mol. The van der Waals surface area contributed by atoms with Crippen molar-refractivity contribution in [3.8, 4) is 11.4 Å². The van der Waals surface area contributed by atoms with Gasteiger partial charge < -0.3 is 15.4 Å². The lowest BCUT2D eigenvalue weighted by Gasteiger charge is -2.37. The van der Waals surface area contributed by atoms with E-state index in [0.717, 1.165) is 5.56 Å². The molecule has 1 aliphatic heterocycles. The Morgan fingerprint density at radius 2 is 2.08 bits per heavy atom. The van der Waals surface area contributed by atoms with Crippen LogP contribution in [0.2, 0.25) is 5.02 Å². The molecule has 138 valence electrons. The first-order chi connectivity index (χ1) is 12.3. The van der Waals surface area contributed by atoms with Crippen LogP contribution in [0.25, 0.3) is 11.4 Å². The number of carbonyl (C=O) groups excluding carboxylic acids is 1. The second-order valence-corrected chi connectivity index (χ2v) is 6.86. The molecule has 1 aromatic heterocycles. The average Bonchev–Trinajstić information content (AvgIpc) is 2.61. The van der Waals surface area contributed by atoms with Gasteiger partial charge in [0.1, 0.15) is 0 Å². The van der Waals surface area contributed by atoms with Gasteiger partial charge in [-0.2, -0.15) is 0 Å². The number of nitrogens with two attached hydrogens (primary N) is 1. The molecular weight excluding hydrogens is 352 g/mol. The number of carbonyl (C=O) groups is 1. The van der Waals surface area contributed by atoms with Crippen LogP contribution in [-0.2, 0) is 9.53 Å². The first-order valence-electron chi connectivity index (χ1n) is 8.19. The molecule has 0 radical (unpaired) electrons. The highest BCUT2D eigenvalue weighted by Crippen LogP contribution is 2.19. The number of anilines is 1. The van der Waals surface area contributed by atoms with Crippen LogP contribution in [0.1, 0.15) is 13.8 Å². The number of nitrogen functional groups attached to an aromatic ring is 1. The van der Waals surface area contributed by atoms with Crippen LogP contribution in [0.4, 0.5) is 5.69 Å². The van der Waals surface area contributed by atoms with Gasteiger partial charge in [0, 0.05) is 23.7 Å². The molecule has 1 aromatic carbocycles. The Kier molecular flexibility index (Phi) is 6.71. The zero-order valence-corrected chi connectivity index (χ0v) is 15.7. The van der Waals surface area contributed by atoms with Crippen molar-refractivity contribution in [2.75, 3.05) is 25.4 Å². The number of nitrogens with zero attached hydrogens (tertiary/aromatic N) is 3. The van der Waals surface area contributed by atoms with E-state index in [2.05, 4.69) is 16.5 Å². The van der Waals surface area contributed by atoms with E-state index >= 15 is 0 Å². The lowest BCUT2D eigenvalue weighted by Crippen LogP contribution is -2.50. The van der Waals surface area contributed by atoms with Crippen molar-refractivity contribution in [1.29, 1.82) is 0 Å². The highest BCUT2D eigenvalue weighted by molar-refractivity contribution is 6.30. The summed E-state index contributed by atoms with van der Waals surface area (Å²) in [6, 6.07) is 7.38. The second-order valence-electron chi connectivity index (χ2n) is 6.42. The number of rotatable bonds is 2. The molecule has 0 unspecified atom stereocenters. The van der Waals surface area contributed by atoms with Crippen molar-refractivity contribution in [2.24, 2.45) is 0 Å². The molecule has 2 aromatic rings. The first kappa shape index (κ1) is 19.9. The molecule has 0 spiro atoms. The van der Waals surface area contributed by atoms with Crippen molar-refractivity contribution >= 4 is 23.2 Å². The molecule has 2 N–H and O–H groups in total. The van der Waals surface area contributed by atoms with Gasteiger partial charge in [0.2, 0.25) is 5.91 Å². The van der Waals surface area contributed by atoms with Gasteiger partial charge >= 0.3 is 0 Å². The Labute approximate surface area is 158 Å². The molecule has 0 saturated carbocycles. The number of hydrogen-bond donors (Lipinski definition) is 1. The third kappa shape index (κ3) is 5.82. The third-order valence-electron chi connectivity index (χ3n) is 3.67. The average molecular weight is 375 g/mol. The molecule has 0 aliphatic carbocycles. The maximum absolute atomic E-state index is 11.2. The summed E-state index contributed by atoms with van der Waals surface area (Å²) in [4.78, 5) is 21.2.